The molecule has 0 bridgehead atoms. The molecule has 126 valence electrons. The first kappa shape index (κ1) is 16.2. The molecule has 2 heterocycles. The van der Waals surface area contributed by atoms with Crippen LogP contribution in [0.1, 0.15) is 31.7 Å². The number of benzene rings is 1. The average Bonchev–Trinajstić information content (AvgIpc) is 3.10. The van der Waals surface area contributed by atoms with Crippen LogP contribution in [0.15, 0.2) is 30.5 Å². The van der Waals surface area contributed by atoms with E-state index in [1.165, 1.54) is 16.5 Å². The van der Waals surface area contributed by atoms with Gasteiger partial charge in [0.25, 0.3) is 0 Å². The van der Waals surface area contributed by atoms with Crippen LogP contribution in [-0.2, 0) is 24.7 Å². The van der Waals surface area contributed by atoms with Gasteiger partial charge in [-0.1, -0.05) is 32.0 Å². The van der Waals surface area contributed by atoms with Crippen molar-refractivity contribution in [3.8, 4) is 0 Å². The van der Waals surface area contributed by atoms with Crippen molar-refractivity contribution in [2.45, 2.75) is 33.1 Å². The first-order chi connectivity index (χ1) is 11.5. The van der Waals surface area contributed by atoms with E-state index in [0.717, 1.165) is 12.2 Å². The second-order valence-electron chi connectivity index (χ2n) is 6.53. The maximum absolute atomic E-state index is 12.1. The van der Waals surface area contributed by atoms with E-state index < -0.39 is 0 Å². The number of anilines is 1. The molecule has 0 spiro atoms. The zero-order chi connectivity index (χ0) is 17.1. The Morgan fingerprint density at radius 2 is 2.12 bits per heavy atom. The van der Waals surface area contributed by atoms with Crippen molar-refractivity contribution < 1.29 is 4.79 Å². The van der Waals surface area contributed by atoms with Crippen molar-refractivity contribution in [3.05, 3.63) is 41.9 Å². The van der Waals surface area contributed by atoms with Crippen molar-refractivity contribution in [2.75, 3.05) is 5.32 Å². The molecule has 6 heteroatoms. The van der Waals surface area contributed by atoms with Crippen LogP contribution in [-0.4, -0.2) is 25.7 Å². The van der Waals surface area contributed by atoms with Gasteiger partial charge in [0, 0.05) is 37.0 Å². The van der Waals surface area contributed by atoms with Gasteiger partial charge < -0.3 is 4.57 Å². The topological polar surface area (TPSA) is 75.6 Å². The van der Waals surface area contributed by atoms with Crippen molar-refractivity contribution in [1.82, 2.24) is 19.7 Å². The summed E-state index contributed by atoms with van der Waals surface area (Å²) < 4.78 is 2.09. The van der Waals surface area contributed by atoms with Gasteiger partial charge in [-0.15, -0.1) is 5.10 Å². The lowest BCUT2D eigenvalue weighted by Gasteiger charge is -2.01. The summed E-state index contributed by atoms with van der Waals surface area (Å²) >= 11 is 0. The number of aryl methyl sites for hydroxylation is 2. The molecule has 1 amide bonds. The third kappa shape index (κ3) is 3.64. The molecule has 1 aromatic carbocycles. The van der Waals surface area contributed by atoms with E-state index in [-0.39, 0.29) is 5.91 Å². The van der Waals surface area contributed by atoms with Gasteiger partial charge in [0.2, 0.25) is 11.9 Å². The third-order valence-electron chi connectivity index (χ3n) is 3.99. The quantitative estimate of drug-likeness (QED) is 0.731. The maximum Gasteiger partial charge on any atom is 0.248 e. The molecule has 3 rings (SSSR count). The van der Waals surface area contributed by atoms with Crippen molar-refractivity contribution in [3.63, 3.8) is 0 Å². The van der Waals surface area contributed by atoms with Gasteiger partial charge >= 0.3 is 0 Å². The van der Waals surface area contributed by atoms with Crippen molar-refractivity contribution in [1.29, 1.82) is 0 Å². The molecule has 2 aromatic heterocycles. The van der Waals surface area contributed by atoms with Gasteiger partial charge in [-0.25, -0.2) is 0 Å². The molecule has 2 N–H and O–H groups in total. The van der Waals surface area contributed by atoms with Gasteiger partial charge in [-0.3, -0.25) is 15.2 Å². The predicted octanol–water partition coefficient (Wildman–Crippen LogP) is 3.07. The molecule has 24 heavy (non-hydrogen) atoms. The summed E-state index contributed by atoms with van der Waals surface area (Å²) in [6, 6.07) is 8.23. The molecule has 3 aromatic rings. The normalized spacial score (nSPS) is 11.3. The van der Waals surface area contributed by atoms with Crippen LogP contribution in [0, 0.1) is 5.92 Å². The van der Waals surface area contributed by atoms with Crippen LogP contribution in [0.2, 0.25) is 0 Å². The van der Waals surface area contributed by atoms with Gasteiger partial charge in [0.1, 0.15) is 5.82 Å². The van der Waals surface area contributed by atoms with E-state index in [4.69, 9.17) is 0 Å². The number of nitrogens with one attached hydrogen (secondary N) is 2. The van der Waals surface area contributed by atoms with Crippen molar-refractivity contribution >= 4 is 22.8 Å². The summed E-state index contributed by atoms with van der Waals surface area (Å²) in [6.45, 7) is 4.23. The minimum absolute atomic E-state index is 0.0713. The number of fused-ring (bicyclic) bond motifs is 1. The van der Waals surface area contributed by atoms with Crippen LogP contribution in [0.4, 0.5) is 5.95 Å². The largest absolute Gasteiger partial charge is 0.350 e. The monoisotopic (exact) mass is 325 g/mol. The van der Waals surface area contributed by atoms with Gasteiger partial charge in [0.05, 0.1) is 0 Å². The molecule has 0 aliphatic carbocycles. The molecule has 0 radical (unpaired) electrons. The van der Waals surface area contributed by atoms with E-state index in [0.29, 0.717) is 24.7 Å². The lowest BCUT2D eigenvalue weighted by molar-refractivity contribution is -0.116. The Labute approximate surface area is 141 Å². The summed E-state index contributed by atoms with van der Waals surface area (Å²) in [5.41, 5.74) is 2.36. The molecule has 0 saturated heterocycles. The predicted molar refractivity (Wildman–Crippen MR) is 94.8 cm³/mol. The molecule has 0 atom stereocenters. The van der Waals surface area contributed by atoms with Crippen LogP contribution in [0.25, 0.3) is 10.9 Å². The lowest BCUT2D eigenvalue weighted by Crippen LogP contribution is -2.13. The highest BCUT2D eigenvalue weighted by Gasteiger charge is 2.11. The standard InChI is InChI=1S/C18H23N5O/c1-12(2)10-16-19-18(22-21-16)20-17(24)9-8-13-11-23(3)15-7-5-4-6-14(13)15/h4-7,11-12H,8-10H2,1-3H3,(H2,19,20,21,22,24). The lowest BCUT2D eigenvalue weighted by atomic mass is 10.1. The summed E-state index contributed by atoms with van der Waals surface area (Å²) in [4.78, 5) is 16.4. The summed E-state index contributed by atoms with van der Waals surface area (Å²) in [6.07, 6.45) is 4.00. The molecule has 0 aliphatic heterocycles. The number of aromatic amines is 1. The number of rotatable bonds is 6. The van der Waals surface area contributed by atoms with Gasteiger partial charge in [0.15, 0.2) is 0 Å². The summed E-state index contributed by atoms with van der Waals surface area (Å²) in [5, 5.41) is 10.9. The molecular formula is C18H23N5O. The average molecular weight is 325 g/mol. The highest BCUT2D eigenvalue weighted by Crippen LogP contribution is 2.21. The number of H-pyrrole nitrogens is 1. The molecular weight excluding hydrogens is 302 g/mol. The molecule has 0 saturated carbocycles. The number of aromatic nitrogens is 4. The zero-order valence-electron chi connectivity index (χ0n) is 14.3. The van der Waals surface area contributed by atoms with Crippen LogP contribution in [0.3, 0.4) is 0 Å². The number of carbonyl (C=O) groups excluding carboxylic acids is 1. The van der Waals surface area contributed by atoms with Gasteiger partial charge in [-0.05, 0) is 24.0 Å². The number of carbonyl (C=O) groups is 1. The SMILES string of the molecule is CC(C)Cc1nc(NC(=O)CCc2cn(C)c3ccccc23)n[nH]1. The number of para-hydroxylation sites is 1. The fourth-order valence-electron chi connectivity index (χ4n) is 2.89. The van der Waals surface area contributed by atoms with Gasteiger partial charge in [-0.2, -0.15) is 4.98 Å². The minimum Gasteiger partial charge on any atom is -0.350 e. The van der Waals surface area contributed by atoms with Crippen LogP contribution < -0.4 is 5.32 Å². The van der Waals surface area contributed by atoms with E-state index in [9.17, 15) is 4.79 Å². The Balaban J connectivity index is 1.60. The number of hydrogen-bond acceptors (Lipinski definition) is 3. The molecule has 0 aliphatic rings. The first-order valence-corrected chi connectivity index (χ1v) is 8.27. The number of nitrogens with zero attached hydrogens (tertiary/aromatic N) is 3. The Bertz CT molecular complexity index is 846. The highest BCUT2D eigenvalue weighted by molar-refractivity contribution is 5.90. The number of amides is 1. The smallest absolute Gasteiger partial charge is 0.248 e. The first-order valence-electron chi connectivity index (χ1n) is 8.27. The molecule has 0 fully saturated rings. The van der Waals surface area contributed by atoms with E-state index in [1.54, 1.807) is 0 Å². The highest BCUT2D eigenvalue weighted by atomic mass is 16.1. The Hall–Kier alpha value is -2.63. The fourth-order valence-corrected chi connectivity index (χ4v) is 2.89. The van der Waals surface area contributed by atoms with Crippen molar-refractivity contribution in [2.24, 2.45) is 13.0 Å². The third-order valence-corrected chi connectivity index (χ3v) is 3.99. The van der Waals surface area contributed by atoms with Crippen LogP contribution in [0.5, 0.6) is 0 Å². The van der Waals surface area contributed by atoms with E-state index in [1.807, 2.05) is 19.2 Å². The maximum atomic E-state index is 12.1. The van der Waals surface area contributed by atoms with E-state index in [2.05, 4.69) is 57.2 Å². The Kier molecular flexibility index (Phi) is 4.64. The van der Waals surface area contributed by atoms with Crippen LogP contribution >= 0.6 is 0 Å². The molecule has 0 unspecified atom stereocenters. The second-order valence-corrected chi connectivity index (χ2v) is 6.53. The van der Waals surface area contributed by atoms with E-state index >= 15 is 0 Å². The number of hydrogen-bond donors (Lipinski definition) is 2. The summed E-state index contributed by atoms with van der Waals surface area (Å²) in [7, 11) is 2.02. The minimum atomic E-state index is -0.0713. The zero-order valence-corrected chi connectivity index (χ0v) is 14.3. The Morgan fingerprint density at radius 1 is 1.33 bits per heavy atom. The fraction of sp³-hybridized carbons (Fsp3) is 0.389. The molecule has 6 nitrogen and oxygen atoms in total. The second kappa shape index (κ2) is 6.86. The Morgan fingerprint density at radius 3 is 2.92 bits per heavy atom. The summed E-state index contributed by atoms with van der Waals surface area (Å²) in [5.74, 6) is 1.58.